The highest BCUT2D eigenvalue weighted by Gasteiger charge is 2.09. The van der Waals surface area contributed by atoms with E-state index in [0.29, 0.717) is 34.0 Å². The fraction of sp³-hybridized carbons (Fsp3) is 0.167. The molecule has 0 saturated carbocycles. The molecule has 0 atom stereocenters. The molecule has 25 heavy (non-hydrogen) atoms. The van der Waals surface area contributed by atoms with E-state index in [1.807, 2.05) is 38.1 Å². The first kappa shape index (κ1) is 17.5. The van der Waals surface area contributed by atoms with Gasteiger partial charge in [-0.15, -0.1) is 10.2 Å². The number of nitrogens with one attached hydrogen (secondary N) is 1. The quantitative estimate of drug-likeness (QED) is 0.687. The SMILES string of the molecule is Cc1cc(-c2cnc(NCc3cccc(Cl)c3Cl)nn2)cc(C)c1O. The summed E-state index contributed by atoms with van der Waals surface area (Å²) in [5.74, 6) is 0.688. The smallest absolute Gasteiger partial charge is 0.242 e. The fourth-order valence-electron chi connectivity index (χ4n) is 2.45. The maximum absolute atomic E-state index is 9.86. The fourth-order valence-corrected chi connectivity index (χ4v) is 2.84. The lowest BCUT2D eigenvalue weighted by atomic mass is 10.0. The molecule has 0 aliphatic heterocycles. The van der Waals surface area contributed by atoms with Crippen LogP contribution < -0.4 is 5.32 Å². The van der Waals surface area contributed by atoms with E-state index in [9.17, 15) is 5.11 Å². The molecule has 2 aromatic carbocycles. The highest BCUT2D eigenvalue weighted by Crippen LogP contribution is 2.28. The number of aryl methyl sites for hydroxylation is 2. The summed E-state index contributed by atoms with van der Waals surface area (Å²) in [5.41, 5.74) is 3.92. The van der Waals surface area contributed by atoms with Gasteiger partial charge in [0.05, 0.1) is 16.2 Å². The van der Waals surface area contributed by atoms with Crippen molar-refractivity contribution in [1.29, 1.82) is 0 Å². The number of hydrogen-bond acceptors (Lipinski definition) is 5. The molecule has 0 aliphatic carbocycles. The maximum atomic E-state index is 9.86. The van der Waals surface area contributed by atoms with E-state index in [2.05, 4.69) is 20.5 Å². The van der Waals surface area contributed by atoms with Gasteiger partial charge in [0.1, 0.15) is 11.4 Å². The number of benzene rings is 2. The standard InChI is InChI=1S/C18H16Cl2N4O/c1-10-6-13(7-11(2)17(10)25)15-9-22-18(24-23-15)21-8-12-4-3-5-14(19)16(12)20/h3-7,9,25H,8H2,1-2H3,(H,21,22,24). The lowest BCUT2D eigenvalue weighted by Crippen LogP contribution is -2.05. The lowest BCUT2D eigenvalue weighted by Gasteiger charge is -2.09. The molecule has 0 bridgehead atoms. The van der Waals surface area contributed by atoms with Gasteiger partial charge in [-0.1, -0.05) is 35.3 Å². The Balaban J connectivity index is 1.75. The second kappa shape index (κ2) is 7.25. The van der Waals surface area contributed by atoms with Crippen LogP contribution in [0.15, 0.2) is 36.5 Å². The summed E-state index contributed by atoms with van der Waals surface area (Å²) in [4.78, 5) is 4.28. The van der Waals surface area contributed by atoms with Gasteiger partial charge < -0.3 is 10.4 Å². The van der Waals surface area contributed by atoms with Crippen LogP contribution in [0.25, 0.3) is 11.3 Å². The number of hydrogen-bond donors (Lipinski definition) is 2. The molecule has 3 aromatic rings. The molecule has 128 valence electrons. The summed E-state index contributed by atoms with van der Waals surface area (Å²) >= 11 is 12.2. The van der Waals surface area contributed by atoms with Crippen LogP contribution in [-0.4, -0.2) is 20.3 Å². The maximum Gasteiger partial charge on any atom is 0.242 e. The molecule has 7 heteroatoms. The second-order valence-corrected chi connectivity index (χ2v) is 6.48. The van der Waals surface area contributed by atoms with Gasteiger partial charge in [-0.3, -0.25) is 0 Å². The van der Waals surface area contributed by atoms with E-state index >= 15 is 0 Å². The van der Waals surface area contributed by atoms with Gasteiger partial charge in [-0.25, -0.2) is 4.98 Å². The van der Waals surface area contributed by atoms with Gasteiger partial charge >= 0.3 is 0 Å². The van der Waals surface area contributed by atoms with Crippen LogP contribution in [0.2, 0.25) is 10.0 Å². The minimum absolute atomic E-state index is 0.293. The van der Waals surface area contributed by atoms with Crippen LogP contribution in [0.4, 0.5) is 5.95 Å². The Morgan fingerprint density at radius 2 is 1.80 bits per heavy atom. The summed E-state index contributed by atoms with van der Waals surface area (Å²) in [7, 11) is 0. The summed E-state index contributed by atoms with van der Waals surface area (Å²) < 4.78 is 0. The average molecular weight is 375 g/mol. The minimum Gasteiger partial charge on any atom is -0.507 e. The highest BCUT2D eigenvalue weighted by atomic mass is 35.5. The molecule has 0 spiro atoms. The molecule has 0 fully saturated rings. The molecule has 0 radical (unpaired) electrons. The zero-order valence-electron chi connectivity index (χ0n) is 13.7. The number of phenolic OH excluding ortho intramolecular Hbond substituents is 1. The van der Waals surface area contributed by atoms with Gasteiger partial charge in [0.15, 0.2) is 0 Å². The Morgan fingerprint density at radius 1 is 1.08 bits per heavy atom. The Kier molecular flexibility index (Phi) is 5.06. The Morgan fingerprint density at radius 3 is 2.44 bits per heavy atom. The predicted octanol–water partition coefficient (Wildman–Crippen LogP) is 4.78. The molecule has 1 heterocycles. The van der Waals surface area contributed by atoms with Crippen molar-refractivity contribution in [3.63, 3.8) is 0 Å². The number of anilines is 1. The molecule has 0 saturated heterocycles. The van der Waals surface area contributed by atoms with E-state index < -0.39 is 0 Å². The Hall–Kier alpha value is -2.37. The summed E-state index contributed by atoms with van der Waals surface area (Å²) in [6.07, 6.45) is 1.64. The number of nitrogens with zero attached hydrogens (tertiary/aromatic N) is 3. The van der Waals surface area contributed by atoms with Gasteiger partial charge in [-0.2, -0.15) is 0 Å². The van der Waals surface area contributed by atoms with Crippen molar-refractivity contribution in [3.05, 3.63) is 63.3 Å². The third kappa shape index (κ3) is 3.83. The topological polar surface area (TPSA) is 70.9 Å². The molecule has 3 rings (SSSR count). The highest BCUT2D eigenvalue weighted by molar-refractivity contribution is 6.42. The lowest BCUT2D eigenvalue weighted by molar-refractivity contribution is 0.467. The summed E-state index contributed by atoms with van der Waals surface area (Å²) in [6, 6.07) is 9.16. The number of phenols is 1. The van der Waals surface area contributed by atoms with E-state index in [1.54, 1.807) is 12.3 Å². The van der Waals surface area contributed by atoms with Crippen molar-refractivity contribution in [2.75, 3.05) is 5.32 Å². The molecule has 1 aromatic heterocycles. The zero-order valence-corrected chi connectivity index (χ0v) is 15.2. The number of aromatic nitrogens is 3. The third-order valence-electron chi connectivity index (χ3n) is 3.82. The van der Waals surface area contributed by atoms with Gasteiger partial charge in [0, 0.05) is 12.1 Å². The van der Waals surface area contributed by atoms with Crippen molar-refractivity contribution in [1.82, 2.24) is 15.2 Å². The second-order valence-electron chi connectivity index (χ2n) is 5.69. The predicted molar refractivity (Wildman–Crippen MR) is 100 cm³/mol. The van der Waals surface area contributed by atoms with Crippen molar-refractivity contribution >= 4 is 29.2 Å². The molecule has 0 amide bonds. The number of rotatable bonds is 4. The van der Waals surface area contributed by atoms with E-state index in [1.165, 1.54) is 0 Å². The molecular weight excluding hydrogens is 359 g/mol. The molecule has 2 N–H and O–H groups in total. The Bertz CT molecular complexity index is 890. The Labute approximate surface area is 155 Å². The average Bonchev–Trinajstić information content (AvgIpc) is 2.61. The van der Waals surface area contributed by atoms with Crippen LogP contribution in [-0.2, 0) is 6.54 Å². The van der Waals surface area contributed by atoms with Crippen LogP contribution >= 0.6 is 23.2 Å². The zero-order chi connectivity index (χ0) is 18.0. The first-order valence-electron chi connectivity index (χ1n) is 7.63. The van der Waals surface area contributed by atoms with Crippen LogP contribution in [0, 0.1) is 13.8 Å². The van der Waals surface area contributed by atoms with Crippen molar-refractivity contribution in [3.8, 4) is 17.0 Å². The van der Waals surface area contributed by atoms with Gasteiger partial charge in [0.2, 0.25) is 5.95 Å². The van der Waals surface area contributed by atoms with E-state index in [-0.39, 0.29) is 0 Å². The van der Waals surface area contributed by atoms with Crippen molar-refractivity contribution in [2.24, 2.45) is 0 Å². The van der Waals surface area contributed by atoms with Gasteiger partial charge in [0.25, 0.3) is 0 Å². The summed E-state index contributed by atoms with van der Waals surface area (Å²) in [6.45, 7) is 4.13. The van der Waals surface area contributed by atoms with Gasteiger partial charge in [-0.05, 0) is 48.7 Å². The van der Waals surface area contributed by atoms with Crippen molar-refractivity contribution < 1.29 is 5.11 Å². The third-order valence-corrected chi connectivity index (χ3v) is 4.67. The molecule has 5 nitrogen and oxygen atoms in total. The minimum atomic E-state index is 0.293. The first-order chi connectivity index (χ1) is 12.0. The van der Waals surface area contributed by atoms with E-state index in [4.69, 9.17) is 23.2 Å². The number of halogens is 2. The molecule has 0 aliphatic rings. The normalized spacial score (nSPS) is 10.7. The largest absolute Gasteiger partial charge is 0.507 e. The monoisotopic (exact) mass is 374 g/mol. The molecular formula is C18H16Cl2N4O. The first-order valence-corrected chi connectivity index (χ1v) is 8.38. The molecule has 0 unspecified atom stereocenters. The number of aromatic hydroxyl groups is 1. The van der Waals surface area contributed by atoms with Crippen LogP contribution in [0.1, 0.15) is 16.7 Å². The summed E-state index contributed by atoms with van der Waals surface area (Å²) in [5, 5.41) is 22.2. The van der Waals surface area contributed by atoms with Crippen LogP contribution in [0.3, 0.4) is 0 Å². The van der Waals surface area contributed by atoms with E-state index in [0.717, 1.165) is 22.3 Å². The van der Waals surface area contributed by atoms with Crippen LogP contribution in [0.5, 0.6) is 5.75 Å². The van der Waals surface area contributed by atoms with Crippen molar-refractivity contribution in [2.45, 2.75) is 20.4 Å².